The van der Waals surface area contributed by atoms with E-state index in [1.54, 1.807) is 12.1 Å². The van der Waals surface area contributed by atoms with Gasteiger partial charge in [0.15, 0.2) is 0 Å². The van der Waals surface area contributed by atoms with Crippen molar-refractivity contribution in [2.45, 2.75) is 43.4 Å². The van der Waals surface area contributed by atoms with Crippen molar-refractivity contribution in [1.29, 1.82) is 0 Å². The molecule has 0 saturated heterocycles. The van der Waals surface area contributed by atoms with Crippen LogP contribution in [0.2, 0.25) is 0 Å². The van der Waals surface area contributed by atoms with Crippen molar-refractivity contribution in [2.75, 3.05) is 5.75 Å². The van der Waals surface area contributed by atoms with Gasteiger partial charge in [0.25, 0.3) is 0 Å². The number of thiol groups is 1. The monoisotopic (exact) mass is 584 g/mol. The summed E-state index contributed by atoms with van der Waals surface area (Å²) in [5.74, 6) is -3.48. The fraction of sp³-hybridized carbons (Fsp3) is 0.296. The first-order chi connectivity index (χ1) is 19.5. The smallest absolute Gasteiger partial charge is 0.326 e. The zero-order valence-corrected chi connectivity index (χ0v) is 22.8. The SMILES string of the molecule is NC(Cc1ccc(O)cc1)C(=O)NC(Cc1cnc[nH]1)C(=O)NC(CS)C(=O)NC(Cc1ccc(O)cc1)C(=O)O. The molecule has 9 N–H and O–H groups in total. The van der Waals surface area contributed by atoms with Gasteiger partial charge in [-0.3, -0.25) is 14.4 Å². The van der Waals surface area contributed by atoms with Crippen LogP contribution in [0.5, 0.6) is 11.5 Å². The van der Waals surface area contributed by atoms with Gasteiger partial charge < -0.3 is 42.0 Å². The second-order valence-electron chi connectivity index (χ2n) is 9.33. The number of nitrogens with one attached hydrogen (secondary N) is 4. The molecule has 0 aliphatic carbocycles. The molecule has 4 unspecified atom stereocenters. The third-order valence-electron chi connectivity index (χ3n) is 6.15. The zero-order valence-electron chi connectivity index (χ0n) is 21.9. The van der Waals surface area contributed by atoms with Crippen LogP contribution < -0.4 is 21.7 Å². The van der Waals surface area contributed by atoms with Crippen LogP contribution in [0.15, 0.2) is 61.1 Å². The van der Waals surface area contributed by atoms with Gasteiger partial charge in [0.1, 0.15) is 29.6 Å². The molecule has 0 fully saturated rings. The molecule has 3 amide bonds. The lowest BCUT2D eigenvalue weighted by molar-refractivity contribution is -0.142. The van der Waals surface area contributed by atoms with E-state index >= 15 is 0 Å². The van der Waals surface area contributed by atoms with Crippen LogP contribution in [0.4, 0.5) is 0 Å². The van der Waals surface area contributed by atoms with Crippen molar-refractivity contribution in [3.63, 3.8) is 0 Å². The van der Waals surface area contributed by atoms with Crippen LogP contribution >= 0.6 is 12.6 Å². The minimum atomic E-state index is -1.32. The van der Waals surface area contributed by atoms with Gasteiger partial charge in [-0.15, -0.1) is 0 Å². The number of rotatable bonds is 14. The van der Waals surface area contributed by atoms with Crippen LogP contribution in [-0.2, 0) is 38.4 Å². The Balaban J connectivity index is 1.67. The summed E-state index contributed by atoms with van der Waals surface area (Å²) < 4.78 is 0. The second-order valence-corrected chi connectivity index (χ2v) is 9.70. The first-order valence-corrected chi connectivity index (χ1v) is 13.2. The lowest BCUT2D eigenvalue weighted by atomic mass is 10.0. The Morgan fingerprint density at radius 1 is 0.780 bits per heavy atom. The summed E-state index contributed by atoms with van der Waals surface area (Å²) in [5.41, 5.74) is 7.86. The molecular formula is C27H32N6O7S. The number of carboxylic acids is 1. The largest absolute Gasteiger partial charge is 0.508 e. The average Bonchev–Trinajstić information content (AvgIpc) is 3.46. The summed E-state index contributed by atoms with van der Waals surface area (Å²) >= 11 is 4.14. The van der Waals surface area contributed by atoms with E-state index in [0.29, 0.717) is 16.8 Å². The molecule has 0 aliphatic heterocycles. The maximum Gasteiger partial charge on any atom is 0.326 e. The number of aromatic nitrogens is 2. The number of H-pyrrole nitrogens is 1. The Hall–Kier alpha value is -4.56. The Labute approximate surface area is 241 Å². The van der Waals surface area contributed by atoms with Crippen molar-refractivity contribution < 1.29 is 34.5 Å². The van der Waals surface area contributed by atoms with E-state index in [2.05, 4.69) is 38.5 Å². The first kappa shape index (κ1) is 31.0. The molecule has 13 nitrogen and oxygen atoms in total. The number of carboxylic acid groups (broad SMARTS) is 1. The molecule has 0 bridgehead atoms. The van der Waals surface area contributed by atoms with Gasteiger partial charge in [-0.25, -0.2) is 9.78 Å². The maximum absolute atomic E-state index is 13.3. The molecule has 3 rings (SSSR count). The molecule has 0 aliphatic rings. The predicted octanol–water partition coefficient (Wildman–Crippen LogP) is -0.355. The highest BCUT2D eigenvalue weighted by atomic mass is 32.1. The van der Waals surface area contributed by atoms with Crippen LogP contribution in [0.1, 0.15) is 16.8 Å². The number of carbonyl (C=O) groups excluding carboxylic acids is 3. The van der Waals surface area contributed by atoms with Crippen molar-refractivity contribution in [3.05, 3.63) is 77.9 Å². The number of phenolic OH excluding ortho intramolecular Hbond substituents is 2. The summed E-state index contributed by atoms with van der Waals surface area (Å²) in [5, 5.41) is 36.0. The van der Waals surface area contributed by atoms with Gasteiger partial charge in [0, 0.05) is 30.5 Å². The van der Waals surface area contributed by atoms with Crippen LogP contribution in [-0.4, -0.2) is 78.9 Å². The highest BCUT2D eigenvalue weighted by molar-refractivity contribution is 7.80. The van der Waals surface area contributed by atoms with Gasteiger partial charge >= 0.3 is 5.97 Å². The second kappa shape index (κ2) is 14.7. The van der Waals surface area contributed by atoms with Gasteiger partial charge in [-0.1, -0.05) is 24.3 Å². The van der Waals surface area contributed by atoms with Crippen LogP contribution in [0.25, 0.3) is 0 Å². The van der Waals surface area contributed by atoms with E-state index in [0.717, 1.165) is 0 Å². The zero-order chi connectivity index (χ0) is 29.9. The quantitative estimate of drug-likeness (QED) is 0.113. The normalized spacial score (nSPS) is 13.8. The summed E-state index contributed by atoms with van der Waals surface area (Å²) in [4.78, 5) is 57.7. The van der Waals surface area contributed by atoms with E-state index in [1.807, 2.05) is 0 Å². The number of carbonyl (C=O) groups is 4. The summed E-state index contributed by atoms with van der Waals surface area (Å²) in [7, 11) is 0. The minimum Gasteiger partial charge on any atom is -0.508 e. The lowest BCUT2D eigenvalue weighted by Crippen LogP contribution is -2.58. The Morgan fingerprint density at radius 3 is 1.80 bits per heavy atom. The number of aromatic amines is 1. The maximum atomic E-state index is 13.3. The molecule has 1 heterocycles. The van der Waals surface area contributed by atoms with Crippen molar-refractivity contribution in [3.8, 4) is 11.5 Å². The summed E-state index contributed by atoms with van der Waals surface area (Å²) in [6.07, 6.45) is 2.97. The fourth-order valence-corrected chi connectivity index (χ4v) is 4.15. The molecule has 3 aromatic rings. The van der Waals surface area contributed by atoms with E-state index in [4.69, 9.17) is 5.73 Å². The van der Waals surface area contributed by atoms with Crippen LogP contribution in [0, 0.1) is 0 Å². The number of amides is 3. The standard InChI is InChI=1S/C27H32N6O7S/c28-20(9-15-1-5-18(34)6-2-15)24(36)31-21(11-17-12-29-14-30-17)25(37)33-23(13-41)26(38)32-22(27(39)40)10-16-3-7-19(35)8-4-16/h1-8,12,14,20-23,34-35,41H,9-11,13,28H2,(H,29,30)(H,31,36)(H,32,38)(H,33,37)(H,39,40). The summed E-state index contributed by atoms with van der Waals surface area (Å²) in [6.45, 7) is 0. The molecular weight excluding hydrogens is 552 g/mol. The summed E-state index contributed by atoms with van der Waals surface area (Å²) in [6, 6.07) is 7.34. The average molecular weight is 585 g/mol. The number of benzene rings is 2. The molecule has 218 valence electrons. The molecule has 4 atom stereocenters. The number of nitrogens with zero attached hydrogens (tertiary/aromatic N) is 1. The highest BCUT2D eigenvalue weighted by Crippen LogP contribution is 2.13. The van der Waals surface area contributed by atoms with Gasteiger partial charge in [0.05, 0.1) is 12.4 Å². The third-order valence-corrected chi connectivity index (χ3v) is 6.51. The molecule has 1 aromatic heterocycles. The van der Waals surface area contributed by atoms with Crippen molar-refractivity contribution in [1.82, 2.24) is 25.9 Å². The number of hydrogen-bond donors (Lipinski definition) is 9. The van der Waals surface area contributed by atoms with Gasteiger partial charge in [-0.05, 0) is 41.8 Å². The van der Waals surface area contributed by atoms with E-state index in [9.17, 15) is 34.5 Å². The third kappa shape index (κ3) is 9.54. The molecule has 0 radical (unpaired) electrons. The number of aliphatic carboxylic acids is 1. The molecule has 14 heteroatoms. The van der Waals surface area contributed by atoms with E-state index < -0.39 is 47.9 Å². The molecule has 41 heavy (non-hydrogen) atoms. The number of phenols is 2. The molecule has 2 aromatic carbocycles. The van der Waals surface area contributed by atoms with Gasteiger partial charge in [-0.2, -0.15) is 12.6 Å². The minimum absolute atomic E-state index is 0.00299. The number of aromatic hydroxyl groups is 2. The van der Waals surface area contributed by atoms with Crippen molar-refractivity contribution in [2.24, 2.45) is 5.73 Å². The lowest BCUT2D eigenvalue weighted by Gasteiger charge is -2.24. The Kier molecular flexibility index (Phi) is 11.1. The fourth-order valence-electron chi connectivity index (χ4n) is 3.89. The van der Waals surface area contributed by atoms with Crippen molar-refractivity contribution >= 4 is 36.3 Å². The van der Waals surface area contributed by atoms with E-state index in [-0.39, 0.29) is 36.5 Å². The first-order valence-electron chi connectivity index (χ1n) is 12.6. The molecule has 0 saturated carbocycles. The number of imidazole rings is 1. The Bertz CT molecular complexity index is 1320. The van der Waals surface area contributed by atoms with Crippen LogP contribution in [0.3, 0.4) is 0 Å². The topological polar surface area (TPSA) is 220 Å². The number of nitrogens with two attached hydrogens (primary N) is 1. The predicted molar refractivity (Wildman–Crippen MR) is 151 cm³/mol. The van der Waals surface area contributed by atoms with Gasteiger partial charge in [0.2, 0.25) is 17.7 Å². The Morgan fingerprint density at radius 2 is 1.29 bits per heavy atom. The molecule has 0 spiro atoms. The number of hydrogen-bond acceptors (Lipinski definition) is 9. The van der Waals surface area contributed by atoms with E-state index in [1.165, 1.54) is 48.9 Å². The highest BCUT2D eigenvalue weighted by Gasteiger charge is 2.30.